The number of amides is 1. The third-order valence-electron chi connectivity index (χ3n) is 3.29. The highest BCUT2D eigenvalue weighted by Crippen LogP contribution is 2.27. The van der Waals surface area contributed by atoms with E-state index in [0.29, 0.717) is 26.0 Å². The molecule has 0 spiro atoms. The maximum atomic E-state index is 12.2. The second-order valence-corrected chi connectivity index (χ2v) is 4.62. The molecule has 1 unspecified atom stereocenters. The van der Waals surface area contributed by atoms with Crippen molar-refractivity contribution < 1.29 is 14.3 Å². The molecule has 6 heteroatoms. The number of methoxy groups -OCH3 is 2. The fourth-order valence-electron chi connectivity index (χ4n) is 1.80. The zero-order chi connectivity index (χ0) is 14.2. The smallest absolute Gasteiger partial charge is 0.233 e. The number of nitrogens with two attached hydrogens (primary N) is 1. The summed E-state index contributed by atoms with van der Waals surface area (Å²) < 4.78 is 10.2. The molecule has 0 heterocycles. The molecule has 0 aliphatic rings. The van der Waals surface area contributed by atoms with E-state index in [1.165, 1.54) is 0 Å². The first kappa shape index (κ1) is 17.3. The fourth-order valence-corrected chi connectivity index (χ4v) is 2.18. The maximum absolute atomic E-state index is 12.2. The van der Waals surface area contributed by atoms with Gasteiger partial charge in [-0.15, -0.1) is 0 Å². The lowest BCUT2D eigenvalue weighted by Crippen LogP contribution is -2.50. The normalized spacial score (nSPS) is 13.1. The Morgan fingerprint density at radius 1 is 1.39 bits per heavy atom. The van der Waals surface area contributed by atoms with E-state index >= 15 is 0 Å². The molecule has 0 bridgehead atoms. The molecule has 0 rings (SSSR count). The molecule has 18 heavy (non-hydrogen) atoms. The van der Waals surface area contributed by atoms with Crippen LogP contribution >= 0.6 is 12.2 Å². The highest BCUT2D eigenvalue weighted by atomic mass is 32.1. The Hall–Kier alpha value is -0.720. The average Bonchev–Trinajstić information content (AvgIpc) is 2.36. The predicted octanol–water partition coefficient (Wildman–Crippen LogP) is 0.857. The number of rotatable bonds is 9. The lowest BCUT2D eigenvalue weighted by atomic mass is 9.81. The number of thiocarbonyl (C=S) groups is 1. The van der Waals surface area contributed by atoms with Crippen molar-refractivity contribution in [1.29, 1.82) is 0 Å². The summed E-state index contributed by atoms with van der Waals surface area (Å²) in [7, 11) is 3.17. The summed E-state index contributed by atoms with van der Waals surface area (Å²) in [6.07, 6.45) is 1.01. The van der Waals surface area contributed by atoms with Gasteiger partial charge in [-0.1, -0.05) is 26.1 Å². The molecule has 0 aromatic carbocycles. The minimum atomic E-state index is -0.763. The first-order valence-corrected chi connectivity index (χ1v) is 6.49. The minimum absolute atomic E-state index is 0.141. The van der Waals surface area contributed by atoms with E-state index in [9.17, 15) is 4.79 Å². The highest BCUT2D eigenvalue weighted by Gasteiger charge is 2.38. The third-order valence-corrected chi connectivity index (χ3v) is 3.68. The Morgan fingerprint density at radius 2 is 1.94 bits per heavy atom. The molecule has 0 saturated carbocycles. The second-order valence-electron chi connectivity index (χ2n) is 4.18. The van der Waals surface area contributed by atoms with E-state index in [-0.39, 0.29) is 17.0 Å². The van der Waals surface area contributed by atoms with Gasteiger partial charge < -0.3 is 20.5 Å². The summed E-state index contributed by atoms with van der Waals surface area (Å²) in [6, 6.07) is 0. The topological polar surface area (TPSA) is 73.6 Å². The Morgan fingerprint density at radius 3 is 2.28 bits per heavy atom. The van der Waals surface area contributed by atoms with Crippen molar-refractivity contribution in [3.8, 4) is 0 Å². The molecule has 1 amide bonds. The largest absolute Gasteiger partial charge is 0.392 e. The van der Waals surface area contributed by atoms with E-state index < -0.39 is 5.41 Å². The van der Waals surface area contributed by atoms with E-state index in [1.807, 2.05) is 13.8 Å². The number of ether oxygens (including phenoxy) is 2. The zero-order valence-corrected chi connectivity index (χ0v) is 12.4. The molecule has 0 saturated heterocycles. The van der Waals surface area contributed by atoms with Crippen LogP contribution in [0.25, 0.3) is 0 Å². The minimum Gasteiger partial charge on any atom is -0.392 e. The summed E-state index contributed by atoms with van der Waals surface area (Å²) in [5, 5.41) is 2.83. The quantitative estimate of drug-likeness (QED) is 0.611. The monoisotopic (exact) mass is 276 g/mol. The molecule has 106 valence electrons. The van der Waals surface area contributed by atoms with Gasteiger partial charge in [0.1, 0.15) is 0 Å². The summed E-state index contributed by atoms with van der Waals surface area (Å²) >= 11 is 5.02. The van der Waals surface area contributed by atoms with Crippen molar-refractivity contribution in [2.45, 2.75) is 32.8 Å². The molecular weight excluding hydrogens is 252 g/mol. The molecule has 5 nitrogen and oxygen atoms in total. The summed E-state index contributed by atoms with van der Waals surface area (Å²) in [5.74, 6) is -0.141. The zero-order valence-electron chi connectivity index (χ0n) is 11.6. The first-order chi connectivity index (χ1) is 8.48. The Bertz CT molecular complexity index is 280. The molecule has 0 aliphatic heterocycles. The Labute approximate surface area is 114 Å². The van der Waals surface area contributed by atoms with Crippen LogP contribution in [0.4, 0.5) is 0 Å². The van der Waals surface area contributed by atoms with Crippen molar-refractivity contribution in [2.24, 2.45) is 11.1 Å². The van der Waals surface area contributed by atoms with Gasteiger partial charge in [-0.05, 0) is 12.8 Å². The van der Waals surface area contributed by atoms with Crippen molar-refractivity contribution in [1.82, 2.24) is 5.32 Å². The standard InChI is InChI=1S/C12H24N2O3S/c1-5-12(6-2,10(13)18)11(15)14-7-9(17-4)8-16-3/h9H,5-8H2,1-4H3,(H2,13,18)(H,14,15). The SMILES string of the molecule is CCC(CC)(C(=O)NCC(COC)OC)C(N)=S. The third kappa shape index (κ3) is 4.19. The van der Waals surface area contributed by atoms with E-state index in [0.717, 1.165) is 0 Å². The van der Waals surface area contributed by atoms with Crippen molar-refractivity contribution in [3.63, 3.8) is 0 Å². The molecule has 0 fully saturated rings. The first-order valence-electron chi connectivity index (χ1n) is 6.08. The maximum Gasteiger partial charge on any atom is 0.233 e. The van der Waals surface area contributed by atoms with E-state index in [4.69, 9.17) is 27.4 Å². The van der Waals surface area contributed by atoms with Crippen molar-refractivity contribution in [3.05, 3.63) is 0 Å². The van der Waals surface area contributed by atoms with Gasteiger partial charge >= 0.3 is 0 Å². The number of hydrogen-bond acceptors (Lipinski definition) is 4. The van der Waals surface area contributed by atoms with Gasteiger partial charge in [0.2, 0.25) is 5.91 Å². The van der Waals surface area contributed by atoms with Gasteiger partial charge in [-0.3, -0.25) is 4.79 Å². The van der Waals surface area contributed by atoms with Crippen LogP contribution in [-0.4, -0.2) is 44.4 Å². The van der Waals surface area contributed by atoms with Crippen LogP contribution in [-0.2, 0) is 14.3 Å². The summed E-state index contributed by atoms with van der Waals surface area (Å²) in [6.45, 7) is 4.62. The number of carbonyl (C=O) groups excluding carboxylic acids is 1. The number of nitrogens with one attached hydrogen (secondary N) is 1. The van der Waals surface area contributed by atoms with Crippen LogP contribution in [0.3, 0.4) is 0 Å². The van der Waals surface area contributed by atoms with Gasteiger partial charge in [0.15, 0.2) is 0 Å². The molecule has 0 aliphatic carbocycles. The Balaban J connectivity index is 4.58. The summed E-state index contributed by atoms with van der Waals surface area (Å²) in [4.78, 5) is 12.5. The molecule has 0 aromatic heterocycles. The summed E-state index contributed by atoms with van der Waals surface area (Å²) in [5.41, 5.74) is 4.94. The van der Waals surface area contributed by atoms with Crippen molar-refractivity contribution >= 4 is 23.1 Å². The van der Waals surface area contributed by atoms with Gasteiger partial charge in [-0.2, -0.15) is 0 Å². The lowest BCUT2D eigenvalue weighted by molar-refractivity contribution is -0.128. The van der Waals surface area contributed by atoms with Crippen LogP contribution in [0.15, 0.2) is 0 Å². The van der Waals surface area contributed by atoms with Crippen LogP contribution in [0.5, 0.6) is 0 Å². The molecular formula is C12H24N2O3S. The van der Waals surface area contributed by atoms with Gasteiger partial charge in [0.25, 0.3) is 0 Å². The van der Waals surface area contributed by atoms with Crippen LogP contribution in [0.1, 0.15) is 26.7 Å². The van der Waals surface area contributed by atoms with E-state index in [2.05, 4.69) is 5.32 Å². The van der Waals surface area contributed by atoms with Crippen LogP contribution < -0.4 is 11.1 Å². The lowest BCUT2D eigenvalue weighted by Gasteiger charge is -2.29. The van der Waals surface area contributed by atoms with Crippen LogP contribution in [0.2, 0.25) is 0 Å². The van der Waals surface area contributed by atoms with Gasteiger partial charge in [-0.25, -0.2) is 0 Å². The van der Waals surface area contributed by atoms with Crippen LogP contribution in [0, 0.1) is 5.41 Å². The fraction of sp³-hybridized carbons (Fsp3) is 0.833. The highest BCUT2D eigenvalue weighted by molar-refractivity contribution is 7.80. The molecule has 1 atom stereocenters. The van der Waals surface area contributed by atoms with E-state index in [1.54, 1.807) is 14.2 Å². The second kappa shape index (κ2) is 8.39. The predicted molar refractivity (Wildman–Crippen MR) is 75.5 cm³/mol. The molecule has 3 N–H and O–H groups in total. The number of hydrogen-bond donors (Lipinski definition) is 2. The van der Waals surface area contributed by atoms with Crippen molar-refractivity contribution in [2.75, 3.05) is 27.4 Å². The molecule has 0 aromatic rings. The number of carbonyl (C=O) groups is 1. The van der Waals surface area contributed by atoms with Gasteiger partial charge in [0, 0.05) is 20.8 Å². The molecule has 0 radical (unpaired) electrons. The average molecular weight is 276 g/mol. The Kier molecular flexibility index (Phi) is 8.06. The van der Waals surface area contributed by atoms with Gasteiger partial charge in [0.05, 0.1) is 23.1 Å².